The zero-order chi connectivity index (χ0) is 13.8. The Morgan fingerprint density at radius 2 is 2.05 bits per heavy atom. The summed E-state index contributed by atoms with van der Waals surface area (Å²) < 4.78 is 5.58. The van der Waals surface area contributed by atoms with E-state index in [-0.39, 0.29) is 6.04 Å². The molecule has 0 heterocycles. The van der Waals surface area contributed by atoms with Crippen molar-refractivity contribution in [3.8, 4) is 6.07 Å². The third-order valence-corrected chi connectivity index (χ3v) is 2.94. The Morgan fingerprint density at radius 3 is 2.74 bits per heavy atom. The highest BCUT2D eigenvalue weighted by Gasteiger charge is 2.04. The molecule has 3 nitrogen and oxygen atoms in total. The van der Waals surface area contributed by atoms with Crippen LogP contribution in [0.1, 0.15) is 31.7 Å². The smallest absolute Gasteiger partial charge is 0.0975 e. The van der Waals surface area contributed by atoms with E-state index in [0.717, 1.165) is 38.8 Å². The molecule has 0 radical (unpaired) electrons. The Hall–Kier alpha value is -1.37. The molecule has 0 fully saturated rings. The van der Waals surface area contributed by atoms with Crippen molar-refractivity contribution < 1.29 is 4.74 Å². The number of benzene rings is 1. The molecule has 1 aromatic carbocycles. The average molecular weight is 260 g/mol. The number of nitrogens with zero attached hydrogens (tertiary/aromatic N) is 1. The molecule has 1 unspecified atom stereocenters. The first-order chi connectivity index (χ1) is 9.36. The van der Waals surface area contributed by atoms with Crippen molar-refractivity contribution in [1.29, 1.82) is 5.26 Å². The van der Waals surface area contributed by atoms with Gasteiger partial charge in [0.15, 0.2) is 0 Å². The lowest BCUT2D eigenvalue weighted by Crippen LogP contribution is -2.29. The van der Waals surface area contributed by atoms with E-state index >= 15 is 0 Å². The predicted octanol–water partition coefficient (Wildman–Crippen LogP) is 2.92. The topological polar surface area (TPSA) is 45.0 Å². The van der Waals surface area contributed by atoms with Gasteiger partial charge in [0, 0.05) is 13.2 Å². The van der Waals surface area contributed by atoms with Crippen LogP contribution in [-0.2, 0) is 11.2 Å². The van der Waals surface area contributed by atoms with Crippen LogP contribution in [0.15, 0.2) is 30.3 Å². The minimum absolute atomic E-state index is 0.0749. The van der Waals surface area contributed by atoms with Gasteiger partial charge in [0.2, 0.25) is 0 Å². The monoisotopic (exact) mass is 260 g/mol. The van der Waals surface area contributed by atoms with Crippen LogP contribution in [0.4, 0.5) is 0 Å². The molecule has 1 aromatic rings. The quantitative estimate of drug-likeness (QED) is 0.658. The lowest BCUT2D eigenvalue weighted by atomic mass is 10.1. The van der Waals surface area contributed by atoms with Gasteiger partial charge in [0.1, 0.15) is 0 Å². The summed E-state index contributed by atoms with van der Waals surface area (Å²) in [4.78, 5) is 0. The minimum atomic E-state index is -0.0749. The van der Waals surface area contributed by atoms with Gasteiger partial charge in [-0.3, -0.25) is 0 Å². The fraction of sp³-hybridized carbons (Fsp3) is 0.562. The first-order valence-electron chi connectivity index (χ1n) is 7.11. The molecule has 19 heavy (non-hydrogen) atoms. The highest BCUT2D eigenvalue weighted by atomic mass is 16.5. The van der Waals surface area contributed by atoms with E-state index in [1.165, 1.54) is 5.56 Å². The van der Waals surface area contributed by atoms with Crippen LogP contribution in [0.5, 0.6) is 0 Å². The van der Waals surface area contributed by atoms with Crippen LogP contribution in [-0.4, -0.2) is 25.8 Å². The van der Waals surface area contributed by atoms with Crippen molar-refractivity contribution in [2.75, 3.05) is 19.8 Å². The fourth-order valence-electron chi connectivity index (χ4n) is 1.86. The van der Waals surface area contributed by atoms with Crippen molar-refractivity contribution in [3.63, 3.8) is 0 Å². The molecular formula is C16H24N2O. The second kappa shape index (κ2) is 10.5. The molecule has 0 spiro atoms. The molecule has 0 saturated heterocycles. The molecule has 0 amide bonds. The Labute approximate surface area is 116 Å². The summed E-state index contributed by atoms with van der Waals surface area (Å²) in [5.74, 6) is 0. The van der Waals surface area contributed by atoms with Crippen LogP contribution in [0.25, 0.3) is 0 Å². The lowest BCUT2D eigenvalue weighted by Gasteiger charge is -2.10. The minimum Gasteiger partial charge on any atom is -0.381 e. The molecule has 0 bridgehead atoms. The SMILES string of the molecule is CCCNC(C#N)CCOCCCc1ccccc1. The van der Waals surface area contributed by atoms with E-state index in [4.69, 9.17) is 10.00 Å². The van der Waals surface area contributed by atoms with Crippen LogP contribution in [0.2, 0.25) is 0 Å². The molecule has 0 aromatic heterocycles. The average Bonchev–Trinajstić information content (AvgIpc) is 2.47. The van der Waals surface area contributed by atoms with E-state index in [1.807, 2.05) is 6.07 Å². The summed E-state index contributed by atoms with van der Waals surface area (Å²) in [7, 11) is 0. The standard InChI is InChI=1S/C16H24N2O/c1-2-11-18-16(14-17)10-13-19-12-6-9-15-7-4-3-5-8-15/h3-5,7-8,16,18H,2,6,9-13H2,1H3. The Kier molecular flexibility index (Phi) is 8.70. The van der Waals surface area contributed by atoms with E-state index in [2.05, 4.69) is 42.6 Å². The number of rotatable bonds is 10. The van der Waals surface area contributed by atoms with Crippen LogP contribution >= 0.6 is 0 Å². The number of aryl methyl sites for hydroxylation is 1. The fourth-order valence-corrected chi connectivity index (χ4v) is 1.86. The zero-order valence-electron chi connectivity index (χ0n) is 11.8. The van der Waals surface area contributed by atoms with Gasteiger partial charge in [0.05, 0.1) is 12.1 Å². The maximum Gasteiger partial charge on any atom is 0.0975 e. The van der Waals surface area contributed by atoms with Gasteiger partial charge in [-0.05, 0) is 37.8 Å². The van der Waals surface area contributed by atoms with Crippen molar-refractivity contribution in [1.82, 2.24) is 5.32 Å². The first kappa shape index (κ1) is 15.7. The summed E-state index contributed by atoms with van der Waals surface area (Å²) in [5.41, 5.74) is 1.35. The molecule has 3 heteroatoms. The van der Waals surface area contributed by atoms with Crippen LogP contribution in [0.3, 0.4) is 0 Å². The van der Waals surface area contributed by atoms with Gasteiger partial charge in [-0.25, -0.2) is 0 Å². The first-order valence-corrected chi connectivity index (χ1v) is 7.11. The van der Waals surface area contributed by atoms with E-state index in [0.29, 0.717) is 6.61 Å². The normalized spacial score (nSPS) is 12.0. The Balaban J connectivity index is 2.00. The summed E-state index contributed by atoms with van der Waals surface area (Å²) in [6.45, 7) is 4.41. The van der Waals surface area contributed by atoms with Gasteiger partial charge < -0.3 is 10.1 Å². The van der Waals surface area contributed by atoms with Crippen LogP contribution in [0, 0.1) is 11.3 Å². The summed E-state index contributed by atoms with van der Waals surface area (Å²) in [6.07, 6.45) is 3.90. The lowest BCUT2D eigenvalue weighted by molar-refractivity contribution is 0.125. The molecule has 1 N–H and O–H groups in total. The van der Waals surface area contributed by atoms with Gasteiger partial charge >= 0.3 is 0 Å². The second-order valence-corrected chi connectivity index (χ2v) is 4.63. The van der Waals surface area contributed by atoms with Gasteiger partial charge in [0.25, 0.3) is 0 Å². The maximum atomic E-state index is 8.94. The maximum absolute atomic E-state index is 8.94. The number of hydrogen-bond acceptors (Lipinski definition) is 3. The third kappa shape index (κ3) is 7.61. The second-order valence-electron chi connectivity index (χ2n) is 4.63. The van der Waals surface area contributed by atoms with E-state index in [1.54, 1.807) is 0 Å². The van der Waals surface area contributed by atoms with Crippen molar-refractivity contribution in [2.45, 2.75) is 38.6 Å². The molecule has 0 aliphatic rings. The van der Waals surface area contributed by atoms with Crippen molar-refractivity contribution in [3.05, 3.63) is 35.9 Å². The highest BCUT2D eigenvalue weighted by molar-refractivity contribution is 5.14. The van der Waals surface area contributed by atoms with Gasteiger partial charge in [-0.15, -0.1) is 0 Å². The number of nitrogens with one attached hydrogen (secondary N) is 1. The van der Waals surface area contributed by atoms with Crippen molar-refractivity contribution in [2.24, 2.45) is 0 Å². The largest absolute Gasteiger partial charge is 0.381 e. The molecule has 0 aliphatic heterocycles. The number of ether oxygens (including phenoxy) is 1. The Bertz CT molecular complexity index is 359. The molecular weight excluding hydrogens is 236 g/mol. The summed E-state index contributed by atoms with van der Waals surface area (Å²) >= 11 is 0. The third-order valence-electron chi connectivity index (χ3n) is 2.94. The van der Waals surface area contributed by atoms with Gasteiger partial charge in [-0.1, -0.05) is 37.3 Å². The van der Waals surface area contributed by atoms with Gasteiger partial charge in [-0.2, -0.15) is 5.26 Å². The van der Waals surface area contributed by atoms with Crippen molar-refractivity contribution >= 4 is 0 Å². The molecule has 104 valence electrons. The zero-order valence-corrected chi connectivity index (χ0v) is 11.8. The summed E-state index contributed by atoms with van der Waals surface area (Å²) in [5, 5.41) is 12.1. The highest BCUT2D eigenvalue weighted by Crippen LogP contribution is 2.02. The Morgan fingerprint density at radius 1 is 1.26 bits per heavy atom. The number of hydrogen-bond donors (Lipinski definition) is 1. The summed E-state index contributed by atoms with van der Waals surface area (Å²) in [6, 6.07) is 12.6. The number of nitriles is 1. The molecule has 1 atom stereocenters. The van der Waals surface area contributed by atoms with Crippen LogP contribution < -0.4 is 5.32 Å². The predicted molar refractivity (Wildman–Crippen MR) is 77.9 cm³/mol. The molecule has 0 aliphatic carbocycles. The van der Waals surface area contributed by atoms with E-state index < -0.39 is 0 Å². The van der Waals surface area contributed by atoms with E-state index in [9.17, 15) is 0 Å². The molecule has 1 rings (SSSR count). The molecule has 0 saturated carbocycles.